The Morgan fingerprint density at radius 1 is 0.333 bits per heavy atom. The number of esters is 1. The largest absolute Gasteiger partial charge is 0.466 e. The molecule has 0 aliphatic heterocycles. The predicted octanol–water partition coefficient (Wildman–Crippen LogP) is 24.3. The molecule has 482 valence electrons. The van der Waals surface area contributed by atoms with E-state index in [4.69, 9.17) is 4.74 Å². The second kappa shape index (κ2) is 71.1. The molecule has 0 saturated heterocycles. The molecule has 81 heavy (non-hydrogen) atoms. The number of ether oxygens (including phenoxy) is 1. The predicted molar refractivity (Wildman–Crippen MR) is 357 cm³/mol. The number of unbranched alkanes of at least 4 members (excludes halogenated alkanes) is 58. The van der Waals surface area contributed by atoms with Crippen molar-refractivity contribution in [2.45, 2.75) is 443 Å². The molecule has 6 heteroatoms. The highest BCUT2D eigenvalue weighted by atomic mass is 16.5. The van der Waals surface area contributed by atoms with E-state index in [1.807, 2.05) is 0 Å². The summed E-state index contributed by atoms with van der Waals surface area (Å²) >= 11 is 0. The standard InChI is InChI=1S/C75H147NO5/c1-3-5-7-9-11-13-15-17-45-49-53-57-61-65-69-75(80)81-70-66-62-58-54-50-46-42-40-38-36-34-32-30-28-26-24-22-20-18-19-21-23-25-27-29-31-33-35-37-39-41-44-48-52-56-60-64-68-74(79)76-72(71-77)73(78)67-63-59-55-51-47-43-16-14-12-10-8-6-4-2/h15,17,72-73,77-78H,3-14,16,18-71H2,1-2H3,(H,76,79)/b17-15-. The van der Waals surface area contributed by atoms with Gasteiger partial charge < -0.3 is 20.3 Å². The molecule has 1 amide bonds. The molecule has 0 rings (SSSR count). The number of aliphatic hydroxyl groups is 2. The lowest BCUT2D eigenvalue weighted by molar-refractivity contribution is -0.143. The Balaban J connectivity index is 3.28. The van der Waals surface area contributed by atoms with Gasteiger partial charge >= 0.3 is 5.97 Å². The molecule has 0 aliphatic carbocycles. The van der Waals surface area contributed by atoms with Crippen molar-refractivity contribution in [2.24, 2.45) is 0 Å². The zero-order valence-electron chi connectivity index (χ0n) is 55.3. The fourth-order valence-electron chi connectivity index (χ4n) is 12.1. The van der Waals surface area contributed by atoms with E-state index in [1.54, 1.807) is 0 Å². The first-order valence-corrected chi connectivity index (χ1v) is 37.4. The first kappa shape index (κ1) is 79.6. The number of nitrogens with one attached hydrogen (secondary N) is 1. The van der Waals surface area contributed by atoms with E-state index in [0.717, 1.165) is 44.9 Å². The molecule has 0 radical (unpaired) electrons. The zero-order chi connectivity index (χ0) is 58.5. The maximum atomic E-state index is 12.5. The van der Waals surface area contributed by atoms with Crippen LogP contribution in [0, 0.1) is 0 Å². The molecule has 0 aliphatic rings. The normalized spacial score (nSPS) is 12.5. The van der Waals surface area contributed by atoms with Gasteiger partial charge in [0, 0.05) is 12.8 Å². The highest BCUT2D eigenvalue weighted by Gasteiger charge is 2.20. The maximum absolute atomic E-state index is 12.5. The van der Waals surface area contributed by atoms with E-state index in [1.165, 1.54) is 353 Å². The number of amides is 1. The number of hydrogen-bond acceptors (Lipinski definition) is 5. The van der Waals surface area contributed by atoms with Crippen molar-refractivity contribution in [3.63, 3.8) is 0 Å². The minimum atomic E-state index is -0.658. The molecular formula is C75H147NO5. The fourth-order valence-corrected chi connectivity index (χ4v) is 12.1. The van der Waals surface area contributed by atoms with E-state index in [0.29, 0.717) is 25.9 Å². The minimum Gasteiger partial charge on any atom is -0.466 e. The summed E-state index contributed by atoms with van der Waals surface area (Å²) in [5.41, 5.74) is 0. The van der Waals surface area contributed by atoms with Crippen LogP contribution in [-0.4, -0.2) is 47.4 Å². The van der Waals surface area contributed by atoms with Gasteiger partial charge in [-0.05, 0) is 51.4 Å². The van der Waals surface area contributed by atoms with Crippen LogP contribution in [0.25, 0.3) is 0 Å². The Hall–Kier alpha value is -1.40. The number of rotatable bonds is 71. The van der Waals surface area contributed by atoms with Gasteiger partial charge in [-0.15, -0.1) is 0 Å². The lowest BCUT2D eigenvalue weighted by Gasteiger charge is -2.22. The summed E-state index contributed by atoms with van der Waals surface area (Å²) < 4.78 is 5.49. The molecule has 2 unspecified atom stereocenters. The van der Waals surface area contributed by atoms with Crippen LogP contribution < -0.4 is 5.32 Å². The molecule has 0 aromatic rings. The van der Waals surface area contributed by atoms with E-state index in [2.05, 4.69) is 31.3 Å². The second-order valence-electron chi connectivity index (χ2n) is 26.0. The zero-order valence-corrected chi connectivity index (χ0v) is 55.3. The molecule has 0 saturated carbocycles. The summed E-state index contributed by atoms with van der Waals surface area (Å²) in [7, 11) is 0. The first-order chi connectivity index (χ1) is 40.0. The van der Waals surface area contributed by atoms with Crippen molar-refractivity contribution in [2.75, 3.05) is 13.2 Å². The monoisotopic (exact) mass is 1140 g/mol. The van der Waals surface area contributed by atoms with Crippen LogP contribution in [0.2, 0.25) is 0 Å². The van der Waals surface area contributed by atoms with Gasteiger partial charge in [-0.25, -0.2) is 0 Å². The third-order valence-corrected chi connectivity index (χ3v) is 17.8. The van der Waals surface area contributed by atoms with Gasteiger partial charge in [0.1, 0.15) is 0 Å². The van der Waals surface area contributed by atoms with E-state index >= 15 is 0 Å². The van der Waals surface area contributed by atoms with Crippen molar-refractivity contribution in [1.82, 2.24) is 5.32 Å². The van der Waals surface area contributed by atoms with Gasteiger partial charge in [-0.2, -0.15) is 0 Å². The van der Waals surface area contributed by atoms with Crippen LogP contribution in [0.5, 0.6) is 0 Å². The molecule has 0 aromatic carbocycles. The Morgan fingerprint density at radius 2 is 0.580 bits per heavy atom. The number of carbonyl (C=O) groups is 2. The summed E-state index contributed by atoms with van der Waals surface area (Å²) in [6.45, 7) is 4.98. The van der Waals surface area contributed by atoms with Crippen LogP contribution in [0.4, 0.5) is 0 Å². The van der Waals surface area contributed by atoms with Gasteiger partial charge in [-0.1, -0.05) is 379 Å². The molecule has 3 N–H and O–H groups in total. The van der Waals surface area contributed by atoms with Crippen LogP contribution in [0.1, 0.15) is 431 Å². The molecule has 6 nitrogen and oxygen atoms in total. The van der Waals surface area contributed by atoms with E-state index in [9.17, 15) is 19.8 Å². The van der Waals surface area contributed by atoms with Crippen LogP contribution in [0.3, 0.4) is 0 Å². The second-order valence-corrected chi connectivity index (χ2v) is 26.0. The smallest absolute Gasteiger partial charge is 0.305 e. The van der Waals surface area contributed by atoms with Crippen LogP contribution in [0.15, 0.2) is 12.2 Å². The molecule has 0 bridgehead atoms. The Morgan fingerprint density at radius 3 is 0.877 bits per heavy atom. The Labute approximate surface area is 508 Å². The van der Waals surface area contributed by atoms with Gasteiger partial charge in [0.2, 0.25) is 5.91 Å². The van der Waals surface area contributed by atoms with Crippen molar-refractivity contribution in [1.29, 1.82) is 0 Å². The highest BCUT2D eigenvalue weighted by molar-refractivity contribution is 5.76. The molecule has 0 aromatic heterocycles. The van der Waals surface area contributed by atoms with Crippen molar-refractivity contribution < 1.29 is 24.5 Å². The summed E-state index contributed by atoms with van der Waals surface area (Å²) in [6.07, 6.45) is 88.7. The topological polar surface area (TPSA) is 95.9 Å². The first-order valence-electron chi connectivity index (χ1n) is 37.4. The van der Waals surface area contributed by atoms with Crippen LogP contribution >= 0.6 is 0 Å². The molecule has 0 fully saturated rings. The van der Waals surface area contributed by atoms with E-state index < -0.39 is 12.1 Å². The third-order valence-electron chi connectivity index (χ3n) is 17.8. The highest BCUT2D eigenvalue weighted by Crippen LogP contribution is 2.20. The SMILES string of the molecule is CCCCCCC/C=C\CCCCCCCC(=O)OCCCCCCCCCCCCCCCCCCCCCCCCCCCCCCCCCCCCCCCC(=O)NC(CO)C(O)CCCCCCCCCCCCCCC. The van der Waals surface area contributed by atoms with Gasteiger partial charge in [0.25, 0.3) is 0 Å². The number of aliphatic hydroxyl groups excluding tert-OH is 2. The number of hydrogen-bond donors (Lipinski definition) is 3. The molecule has 0 spiro atoms. The summed E-state index contributed by atoms with van der Waals surface area (Å²) in [5.74, 6) is -0.0109. The Kier molecular flexibility index (Phi) is 69.9. The Bertz CT molecular complexity index is 1220. The number of allylic oxidation sites excluding steroid dienone is 2. The summed E-state index contributed by atoms with van der Waals surface area (Å²) in [6, 6.07) is -0.535. The summed E-state index contributed by atoms with van der Waals surface area (Å²) in [5, 5.41) is 23.3. The lowest BCUT2D eigenvalue weighted by atomic mass is 10.0. The van der Waals surface area contributed by atoms with Gasteiger partial charge in [-0.3, -0.25) is 9.59 Å². The lowest BCUT2D eigenvalue weighted by Crippen LogP contribution is -2.45. The van der Waals surface area contributed by atoms with Crippen LogP contribution in [-0.2, 0) is 14.3 Å². The molecular weight excluding hydrogens is 995 g/mol. The van der Waals surface area contributed by atoms with Gasteiger partial charge in [0.05, 0.1) is 25.4 Å². The summed E-state index contributed by atoms with van der Waals surface area (Å²) in [4.78, 5) is 24.6. The number of carbonyl (C=O) groups excluding carboxylic acids is 2. The minimum absolute atomic E-state index is 0.0156. The van der Waals surface area contributed by atoms with Gasteiger partial charge in [0.15, 0.2) is 0 Å². The van der Waals surface area contributed by atoms with Crippen molar-refractivity contribution in [3.8, 4) is 0 Å². The quantitative estimate of drug-likeness (QED) is 0.0320. The fraction of sp³-hybridized carbons (Fsp3) is 0.947. The maximum Gasteiger partial charge on any atom is 0.305 e. The average Bonchev–Trinajstić information content (AvgIpc) is 3.47. The van der Waals surface area contributed by atoms with Crippen molar-refractivity contribution in [3.05, 3.63) is 12.2 Å². The average molecular weight is 1140 g/mol. The molecule has 0 heterocycles. The molecule has 2 atom stereocenters. The third kappa shape index (κ3) is 67.6. The van der Waals surface area contributed by atoms with Crippen molar-refractivity contribution >= 4 is 11.9 Å². The van der Waals surface area contributed by atoms with E-state index in [-0.39, 0.29) is 18.5 Å².